The Morgan fingerprint density at radius 2 is 1.55 bits per heavy atom. The van der Waals surface area contributed by atoms with Crippen molar-refractivity contribution in [2.75, 3.05) is 0 Å². The molecule has 0 N–H and O–H groups in total. The molecule has 0 saturated carbocycles. The zero-order chi connectivity index (χ0) is 14.4. The lowest BCUT2D eigenvalue weighted by Crippen LogP contribution is -2.15. The molecule has 104 valence electrons. The van der Waals surface area contributed by atoms with Crippen LogP contribution in [0.3, 0.4) is 0 Å². The third-order valence-corrected chi connectivity index (χ3v) is 2.41. The molecule has 2 rings (SSSR count). The van der Waals surface area contributed by atoms with Crippen LogP contribution in [0.15, 0.2) is 59.8 Å². The van der Waals surface area contributed by atoms with Crippen molar-refractivity contribution in [3.8, 4) is 11.5 Å². The Labute approximate surface area is 119 Å². The summed E-state index contributed by atoms with van der Waals surface area (Å²) in [4.78, 5) is 5.35. The number of hydrogen-bond donors (Lipinski definition) is 0. The van der Waals surface area contributed by atoms with E-state index < -0.39 is 0 Å². The maximum atomic E-state index is 5.85. The molecule has 0 aliphatic carbocycles. The zero-order valence-electron chi connectivity index (χ0n) is 12.0. The molecule has 0 spiro atoms. The molecule has 3 heteroatoms. The zero-order valence-corrected chi connectivity index (χ0v) is 12.0. The van der Waals surface area contributed by atoms with E-state index in [1.165, 1.54) is 0 Å². The molecule has 0 radical (unpaired) electrons. The highest BCUT2D eigenvalue weighted by atomic mass is 16.6. The molecule has 0 aromatic heterocycles. The van der Waals surface area contributed by atoms with Gasteiger partial charge in [0.25, 0.3) is 0 Å². The van der Waals surface area contributed by atoms with Crippen LogP contribution in [-0.4, -0.2) is 11.8 Å². The van der Waals surface area contributed by atoms with Gasteiger partial charge in [-0.1, -0.05) is 35.5 Å². The summed E-state index contributed by atoms with van der Waals surface area (Å²) in [6.45, 7) is 5.87. The van der Waals surface area contributed by atoms with Gasteiger partial charge in [0.1, 0.15) is 17.1 Å². The Bertz CT molecular complexity index is 571. The molecule has 2 aromatic rings. The first-order valence-corrected chi connectivity index (χ1v) is 6.58. The SMILES string of the molecule is CC(C)(C)O/N=C/c1ccccc1Oc1ccccc1. The normalized spacial score (nSPS) is 11.6. The standard InChI is InChI=1S/C17H19NO2/c1-17(2,3)20-18-13-14-9-7-8-12-16(14)19-15-10-5-4-6-11-15/h4-13H,1-3H3/b18-13+. The summed E-state index contributed by atoms with van der Waals surface area (Å²) in [5.41, 5.74) is 0.576. The van der Waals surface area contributed by atoms with E-state index in [1.54, 1.807) is 6.21 Å². The van der Waals surface area contributed by atoms with Crippen molar-refractivity contribution >= 4 is 6.21 Å². The second-order valence-electron chi connectivity index (χ2n) is 5.39. The second-order valence-corrected chi connectivity index (χ2v) is 5.39. The van der Waals surface area contributed by atoms with Crippen LogP contribution in [0.25, 0.3) is 0 Å². The van der Waals surface area contributed by atoms with Crippen molar-refractivity contribution in [3.05, 3.63) is 60.2 Å². The van der Waals surface area contributed by atoms with Crippen LogP contribution in [-0.2, 0) is 4.84 Å². The fraction of sp³-hybridized carbons (Fsp3) is 0.235. The number of nitrogens with zero attached hydrogens (tertiary/aromatic N) is 1. The first-order chi connectivity index (χ1) is 9.54. The number of ether oxygens (including phenoxy) is 1. The molecule has 0 fully saturated rings. The van der Waals surface area contributed by atoms with Crippen LogP contribution >= 0.6 is 0 Å². The first kappa shape index (κ1) is 14.1. The van der Waals surface area contributed by atoms with E-state index in [0.717, 1.165) is 17.1 Å². The van der Waals surface area contributed by atoms with Gasteiger partial charge in [-0.25, -0.2) is 0 Å². The average molecular weight is 269 g/mol. The van der Waals surface area contributed by atoms with Crippen molar-refractivity contribution in [2.24, 2.45) is 5.16 Å². The molecule has 0 bridgehead atoms. The molecule has 0 aliphatic heterocycles. The van der Waals surface area contributed by atoms with E-state index in [1.807, 2.05) is 75.4 Å². The largest absolute Gasteiger partial charge is 0.457 e. The summed E-state index contributed by atoms with van der Waals surface area (Å²) in [6, 6.07) is 17.4. The van der Waals surface area contributed by atoms with Gasteiger partial charge in [-0.15, -0.1) is 0 Å². The van der Waals surface area contributed by atoms with Gasteiger partial charge >= 0.3 is 0 Å². The van der Waals surface area contributed by atoms with Crippen LogP contribution in [0, 0.1) is 0 Å². The Morgan fingerprint density at radius 1 is 0.900 bits per heavy atom. The van der Waals surface area contributed by atoms with Crippen LogP contribution in [0.2, 0.25) is 0 Å². The number of hydrogen-bond acceptors (Lipinski definition) is 3. The highest BCUT2D eigenvalue weighted by molar-refractivity contribution is 5.83. The minimum Gasteiger partial charge on any atom is -0.457 e. The van der Waals surface area contributed by atoms with Crippen molar-refractivity contribution in [1.82, 2.24) is 0 Å². The highest BCUT2D eigenvalue weighted by Crippen LogP contribution is 2.23. The molecular weight excluding hydrogens is 250 g/mol. The molecular formula is C17H19NO2. The van der Waals surface area contributed by atoms with E-state index >= 15 is 0 Å². The summed E-state index contributed by atoms with van der Waals surface area (Å²) in [5.74, 6) is 1.55. The molecule has 0 aliphatic rings. The summed E-state index contributed by atoms with van der Waals surface area (Å²) in [5, 5.41) is 4.01. The number of para-hydroxylation sites is 2. The van der Waals surface area contributed by atoms with Crippen molar-refractivity contribution < 1.29 is 9.57 Å². The third-order valence-electron chi connectivity index (χ3n) is 2.41. The van der Waals surface area contributed by atoms with Crippen molar-refractivity contribution in [1.29, 1.82) is 0 Å². The van der Waals surface area contributed by atoms with Crippen LogP contribution in [0.1, 0.15) is 26.3 Å². The minimum atomic E-state index is -0.300. The highest BCUT2D eigenvalue weighted by Gasteiger charge is 2.09. The quantitative estimate of drug-likeness (QED) is 0.598. The number of rotatable bonds is 4. The van der Waals surface area contributed by atoms with E-state index in [4.69, 9.17) is 9.57 Å². The summed E-state index contributed by atoms with van der Waals surface area (Å²) in [6.07, 6.45) is 1.67. The van der Waals surface area contributed by atoms with Gasteiger partial charge in [0.05, 0.1) is 6.21 Å². The Hall–Kier alpha value is -2.29. The lowest BCUT2D eigenvalue weighted by molar-refractivity contribution is 0.00197. The van der Waals surface area contributed by atoms with Gasteiger partial charge in [-0.3, -0.25) is 0 Å². The van der Waals surface area contributed by atoms with E-state index in [0.29, 0.717) is 0 Å². The maximum Gasteiger partial charge on any atom is 0.136 e. The number of oxime groups is 1. The Kier molecular flexibility index (Phi) is 4.41. The average Bonchev–Trinajstić information content (AvgIpc) is 2.40. The Balaban J connectivity index is 2.14. The first-order valence-electron chi connectivity index (χ1n) is 6.58. The van der Waals surface area contributed by atoms with Crippen LogP contribution < -0.4 is 4.74 Å². The molecule has 0 amide bonds. The third kappa shape index (κ3) is 4.43. The topological polar surface area (TPSA) is 30.8 Å². The van der Waals surface area contributed by atoms with Gasteiger partial charge in [0.15, 0.2) is 0 Å². The lowest BCUT2D eigenvalue weighted by atomic mass is 10.2. The molecule has 0 heterocycles. The van der Waals surface area contributed by atoms with Gasteiger partial charge in [0, 0.05) is 5.56 Å². The molecule has 3 nitrogen and oxygen atoms in total. The smallest absolute Gasteiger partial charge is 0.136 e. The molecule has 20 heavy (non-hydrogen) atoms. The van der Waals surface area contributed by atoms with Crippen LogP contribution in [0.4, 0.5) is 0 Å². The monoisotopic (exact) mass is 269 g/mol. The summed E-state index contributed by atoms with van der Waals surface area (Å²) in [7, 11) is 0. The predicted octanol–water partition coefficient (Wildman–Crippen LogP) is 4.63. The van der Waals surface area contributed by atoms with Gasteiger partial charge in [-0.05, 0) is 45.0 Å². The predicted molar refractivity (Wildman–Crippen MR) is 81.4 cm³/mol. The Morgan fingerprint density at radius 3 is 2.25 bits per heavy atom. The van der Waals surface area contributed by atoms with Gasteiger partial charge in [0.2, 0.25) is 0 Å². The minimum absolute atomic E-state index is 0.300. The maximum absolute atomic E-state index is 5.85. The second kappa shape index (κ2) is 6.24. The fourth-order valence-electron chi connectivity index (χ4n) is 1.54. The summed E-state index contributed by atoms with van der Waals surface area (Å²) < 4.78 is 5.85. The molecule has 0 atom stereocenters. The number of benzene rings is 2. The lowest BCUT2D eigenvalue weighted by Gasteiger charge is -2.15. The van der Waals surface area contributed by atoms with Gasteiger partial charge in [-0.2, -0.15) is 0 Å². The van der Waals surface area contributed by atoms with Crippen molar-refractivity contribution in [3.63, 3.8) is 0 Å². The van der Waals surface area contributed by atoms with E-state index in [2.05, 4.69) is 5.16 Å². The molecule has 0 unspecified atom stereocenters. The van der Waals surface area contributed by atoms with E-state index in [-0.39, 0.29) is 5.60 Å². The fourth-order valence-corrected chi connectivity index (χ4v) is 1.54. The molecule has 2 aromatic carbocycles. The molecule has 0 saturated heterocycles. The van der Waals surface area contributed by atoms with Crippen LogP contribution in [0.5, 0.6) is 11.5 Å². The van der Waals surface area contributed by atoms with E-state index in [9.17, 15) is 0 Å². The van der Waals surface area contributed by atoms with Gasteiger partial charge < -0.3 is 9.57 Å². The van der Waals surface area contributed by atoms with Crippen molar-refractivity contribution in [2.45, 2.75) is 26.4 Å². The summed E-state index contributed by atoms with van der Waals surface area (Å²) >= 11 is 0.